The van der Waals surface area contributed by atoms with Crippen LogP contribution >= 0.6 is 0 Å². The van der Waals surface area contributed by atoms with Gasteiger partial charge in [-0.25, -0.2) is 4.57 Å². The molecule has 2 nitrogen and oxygen atoms in total. The van der Waals surface area contributed by atoms with Gasteiger partial charge in [0.25, 0.3) is 0 Å². The highest BCUT2D eigenvalue weighted by Gasteiger charge is 2.27. The fourth-order valence-corrected chi connectivity index (χ4v) is 4.63. The van der Waals surface area contributed by atoms with Crippen LogP contribution in [0.25, 0.3) is 40.4 Å². The van der Waals surface area contributed by atoms with Gasteiger partial charge in [-0.15, -0.1) is 0 Å². The molecule has 0 amide bonds. The van der Waals surface area contributed by atoms with Gasteiger partial charge in [0.05, 0.1) is 6.54 Å². The van der Waals surface area contributed by atoms with Crippen molar-refractivity contribution >= 4 is 12.2 Å². The highest BCUT2D eigenvalue weighted by molar-refractivity contribution is 5.79. The van der Waals surface area contributed by atoms with Crippen LogP contribution in [0.2, 0.25) is 0 Å². The second-order valence-electron chi connectivity index (χ2n) is 10.1. The fraction of sp³-hybridized carbons (Fsp3) is 0.242. The minimum Gasteiger partial charge on any atom is -0.229 e. The average Bonchev–Trinajstić information content (AvgIpc) is 3.22. The summed E-state index contributed by atoms with van der Waals surface area (Å²) in [4.78, 5) is 0. The molecule has 0 aliphatic rings. The molecule has 1 heterocycles. The Bertz CT molecular complexity index is 1290. The van der Waals surface area contributed by atoms with E-state index in [0.29, 0.717) is 11.8 Å². The van der Waals surface area contributed by atoms with Crippen molar-refractivity contribution in [3.8, 4) is 28.2 Å². The van der Waals surface area contributed by atoms with Gasteiger partial charge in [0.2, 0.25) is 6.33 Å². The minimum absolute atomic E-state index is 0.520. The Hall–Kier alpha value is -3.65. The van der Waals surface area contributed by atoms with Crippen molar-refractivity contribution in [3.05, 3.63) is 109 Å². The van der Waals surface area contributed by atoms with Crippen LogP contribution in [-0.2, 0) is 13.0 Å². The lowest BCUT2D eigenvalue weighted by Crippen LogP contribution is -2.36. The number of hydrogen-bond acceptors (Lipinski definition) is 0. The number of benzene rings is 3. The number of hydrogen-bond donors (Lipinski definition) is 0. The molecule has 0 saturated heterocycles. The molecule has 178 valence electrons. The fourth-order valence-electron chi connectivity index (χ4n) is 4.63. The summed E-state index contributed by atoms with van der Waals surface area (Å²) in [6, 6.07) is 26.4. The van der Waals surface area contributed by atoms with E-state index < -0.39 is 0 Å². The summed E-state index contributed by atoms with van der Waals surface area (Å²) < 4.78 is 4.76. The molecule has 2 heteroatoms. The first-order valence-corrected chi connectivity index (χ1v) is 12.6. The molecule has 4 aromatic rings. The van der Waals surface area contributed by atoms with E-state index in [1.165, 1.54) is 33.8 Å². The molecule has 0 aliphatic carbocycles. The number of imidazole rings is 1. The van der Waals surface area contributed by atoms with Gasteiger partial charge in [-0.05, 0) is 71.3 Å². The maximum atomic E-state index is 3.93. The van der Waals surface area contributed by atoms with Crippen LogP contribution in [0.5, 0.6) is 0 Å². The van der Waals surface area contributed by atoms with E-state index in [0.717, 1.165) is 24.1 Å². The second kappa shape index (κ2) is 10.7. The van der Waals surface area contributed by atoms with Crippen LogP contribution in [0.4, 0.5) is 0 Å². The van der Waals surface area contributed by atoms with E-state index in [4.69, 9.17) is 0 Å². The molecule has 0 N–H and O–H groups in total. The predicted molar refractivity (Wildman–Crippen MR) is 150 cm³/mol. The second-order valence-corrected chi connectivity index (χ2v) is 10.1. The molecule has 0 bridgehead atoms. The molecule has 4 rings (SSSR count). The Kier molecular flexibility index (Phi) is 7.51. The van der Waals surface area contributed by atoms with Gasteiger partial charge < -0.3 is 0 Å². The molecule has 0 unspecified atom stereocenters. The van der Waals surface area contributed by atoms with Gasteiger partial charge in [0.15, 0.2) is 11.4 Å². The summed E-state index contributed by atoms with van der Waals surface area (Å²) in [6.45, 7) is 17.9. The van der Waals surface area contributed by atoms with Crippen molar-refractivity contribution in [3.63, 3.8) is 0 Å². The molecular weight excluding hydrogens is 424 g/mol. The first kappa shape index (κ1) is 24.5. The van der Waals surface area contributed by atoms with E-state index in [-0.39, 0.29) is 0 Å². The highest BCUT2D eigenvalue weighted by Crippen LogP contribution is 2.33. The van der Waals surface area contributed by atoms with E-state index >= 15 is 0 Å². The van der Waals surface area contributed by atoms with Gasteiger partial charge in [0, 0.05) is 11.1 Å². The number of aromatic nitrogens is 2. The first-order valence-electron chi connectivity index (χ1n) is 12.6. The molecule has 35 heavy (non-hydrogen) atoms. The Balaban J connectivity index is 1.95. The van der Waals surface area contributed by atoms with Crippen LogP contribution in [-0.4, -0.2) is 4.57 Å². The Morgan fingerprint density at radius 3 is 1.74 bits per heavy atom. The van der Waals surface area contributed by atoms with E-state index in [2.05, 4.69) is 129 Å². The van der Waals surface area contributed by atoms with Crippen molar-refractivity contribution in [2.24, 2.45) is 11.8 Å². The van der Waals surface area contributed by atoms with Crippen LogP contribution in [0.3, 0.4) is 0 Å². The van der Waals surface area contributed by atoms with Gasteiger partial charge in [-0.1, -0.05) is 89.4 Å². The van der Waals surface area contributed by atoms with Crippen LogP contribution < -0.4 is 4.57 Å². The summed E-state index contributed by atoms with van der Waals surface area (Å²) in [7, 11) is 0. The van der Waals surface area contributed by atoms with Crippen molar-refractivity contribution in [2.75, 3.05) is 0 Å². The van der Waals surface area contributed by atoms with Gasteiger partial charge in [-0.3, -0.25) is 0 Å². The zero-order valence-corrected chi connectivity index (χ0v) is 21.5. The first-order chi connectivity index (χ1) is 16.9. The summed E-state index contributed by atoms with van der Waals surface area (Å²) in [5, 5.41) is 0. The molecule has 0 spiro atoms. The third-order valence-corrected chi connectivity index (χ3v) is 6.27. The molecule has 0 fully saturated rings. The number of nitrogens with zero attached hydrogens (tertiary/aromatic N) is 2. The van der Waals surface area contributed by atoms with Gasteiger partial charge in [0.1, 0.15) is 5.69 Å². The van der Waals surface area contributed by atoms with Crippen LogP contribution in [0.1, 0.15) is 44.4 Å². The Morgan fingerprint density at radius 2 is 1.26 bits per heavy atom. The molecule has 0 aliphatic heterocycles. The topological polar surface area (TPSA) is 8.81 Å². The molecule has 0 radical (unpaired) electrons. The summed E-state index contributed by atoms with van der Waals surface area (Å²) in [5.74, 6) is 1.16. The minimum atomic E-state index is 0.520. The predicted octanol–water partition coefficient (Wildman–Crippen LogP) is 8.24. The summed E-state index contributed by atoms with van der Waals surface area (Å²) >= 11 is 0. The number of rotatable bonds is 9. The normalized spacial score (nSPS) is 11.3. The average molecular weight is 462 g/mol. The van der Waals surface area contributed by atoms with E-state index in [1.807, 2.05) is 12.2 Å². The Labute approximate surface area is 210 Å². The lowest BCUT2D eigenvalue weighted by molar-refractivity contribution is -0.691. The third kappa shape index (κ3) is 5.54. The van der Waals surface area contributed by atoms with E-state index in [9.17, 15) is 0 Å². The van der Waals surface area contributed by atoms with Crippen LogP contribution in [0, 0.1) is 11.8 Å². The lowest BCUT2D eigenvalue weighted by Gasteiger charge is -2.09. The van der Waals surface area contributed by atoms with Gasteiger partial charge >= 0.3 is 0 Å². The Morgan fingerprint density at radius 1 is 0.714 bits per heavy atom. The molecular formula is C33H37N2+. The maximum Gasteiger partial charge on any atom is 0.250 e. The highest BCUT2D eigenvalue weighted by atomic mass is 15.2. The third-order valence-electron chi connectivity index (χ3n) is 6.27. The summed E-state index contributed by atoms with van der Waals surface area (Å²) in [5.41, 5.74) is 9.62. The van der Waals surface area contributed by atoms with E-state index in [1.54, 1.807) is 0 Å². The standard InChI is InChI=1S/C33H37N2/c1-7-26-9-15-29(16-10-26)32-33(30-17-11-27(8-2)12-18-30)35(23-34(32)22-25(5)6)31-19-13-28(14-20-31)21-24(3)4/h7-20,23-25H,1-2,21-22H2,3-6H3/q+1. The lowest BCUT2D eigenvalue weighted by atomic mass is 10.0. The summed E-state index contributed by atoms with van der Waals surface area (Å²) in [6.07, 6.45) is 7.15. The monoisotopic (exact) mass is 461 g/mol. The van der Waals surface area contributed by atoms with Crippen LogP contribution in [0.15, 0.2) is 92.3 Å². The van der Waals surface area contributed by atoms with Crippen molar-refractivity contribution < 1.29 is 4.57 Å². The smallest absolute Gasteiger partial charge is 0.229 e. The molecule has 0 atom stereocenters. The SMILES string of the molecule is C=Cc1ccc(-c2c(-c3ccc(C=C)cc3)[n+](CC(C)C)cn2-c2ccc(CC(C)C)cc2)cc1. The maximum absolute atomic E-state index is 3.93. The van der Waals surface area contributed by atoms with Gasteiger partial charge in [-0.2, -0.15) is 4.57 Å². The molecule has 1 aromatic heterocycles. The van der Waals surface area contributed by atoms with Crippen molar-refractivity contribution in [2.45, 2.75) is 40.7 Å². The zero-order valence-electron chi connectivity index (χ0n) is 21.5. The van der Waals surface area contributed by atoms with Crippen molar-refractivity contribution in [1.82, 2.24) is 4.57 Å². The quantitative estimate of drug-likeness (QED) is 0.222. The molecule has 3 aromatic carbocycles. The zero-order chi connectivity index (χ0) is 24.9. The molecule has 0 saturated carbocycles. The van der Waals surface area contributed by atoms with Crippen molar-refractivity contribution in [1.29, 1.82) is 0 Å². The largest absolute Gasteiger partial charge is 0.250 e.